The van der Waals surface area contributed by atoms with E-state index in [0.717, 1.165) is 6.07 Å². The summed E-state index contributed by atoms with van der Waals surface area (Å²) in [5, 5.41) is 8.36. The Hall–Kier alpha value is -1.49. The largest absolute Gasteiger partial charge is 0.288 e. The van der Waals surface area contributed by atoms with Crippen LogP contribution >= 0.6 is 0 Å². The minimum absolute atomic E-state index is 0.0111. The molecule has 1 amide bonds. The minimum atomic E-state index is -0.776. The third-order valence-electron chi connectivity index (χ3n) is 1.92. The maximum absolute atomic E-state index is 13.5. The fourth-order valence-electron chi connectivity index (χ4n) is 1.18. The summed E-state index contributed by atoms with van der Waals surface area (Å²) in [6.45, 7) is 5.47. The number of rotatable bonds is 1. The maximum atomic E-state index is 13.5. The van der Waals surface area contributed by atoms with E-state index in [9.17, 15) is 9.18 Å². The van der Waals surface area contributed by atoms with E-state index in [-0.39, 0.29) is 11.3 Å². The molecule has 0 fully saturated rings. The van der Waals surface area contributed by atoms with E-state index < -0.39 is 17.1 Å². The van der Waals surface area contributed by atoms with Gasteiger partial charge in [-0.3, -0.25) is 15.0 Å². The number of carbonyl (C=O) groups excluding carboxylic acids is 1. The standard InChI is InChI=1S/C10H13FN2O2/c1-10(2,3)8-7(11)4-6(5-12-8)9(14)13-15/h4-5,15H,1-3H3,(H,13,14). The average Bonchev–Trinajstić information content (AvgIpc) is 2.14. The number of amides is 1. The van der Waals surface area contributed by atoms with E-state index in [4.69, 9.17) is 5.21 Å². The molecule has 0 aliphatic rings. The number of aromatic nitrogens is 1. The van der Waals surface area contributed by atoms with Crippen LogP contribution in [-0.4, -0.2) is 16.1 Å². The number of carbonyl (C=O) groups is 1. The van der Waals surface area contributed by atoms with Gasteiger partial charge in [0.25, 0.3) is 5.91 Å². The highest BCUT2D eigenvalue weighted by molar-refractivity contribution is 5.92. The highest BCUT2D eigenvalue weighted by atomic mass is 19.1. The summed E-state index contributed by atoms with van der Waals surface area (Å²) in [6.07, 6.45) is 1.23. The van der Waals surface area contributed by atoms with Crippen molar-refractivity contribution in [3.05, 3.63) is 29.3 Å². The van der Waals surface area contributed by atoms with Gasteiger partial charge in [0.05, 0.1) is 11.3 Å². The number of nitrogens with zero attached hydrogens (tertiary/aromatic N) is 1. The van der Waals surface area contributed by atoms with E-state index in [2.05, 4.69) is 4.98 Å². The molecule has 1 rings (SSSR count). The Labute approximate surface area is 87.1 Å². The summed E-state index contributed by atoms with van der Waals surface area (Å²) in [7, 11) is 0. The third kappa shape index (κ3) is 2.50. The van der Waals surface area contributed by atoms with Crippen molar-refractivity contribution in [1.29, 1.82) is 0 Å². The van der Waals surface area contributed by atoms with Crippen molar-refractivity contribution in [3.8, 4) is 0 Å². The third-order valence-corrected chi connectivity index (χ3v) is 1.92. The van der Waals surface area contributed by atoms with E-state index in [1.165, 1.54) is 11.7 Å². The van der Waals surface area contributed by atoms with E-state index >= 15 is 0 Å². The molecule has 0 aromatic carbocycles. The normalized spacial score (nSPS) is 11.3. The van der Waals surface area contributed by atoms with Gasteiger partial charge in [-0.05, 0) is 6.07 Å². The lowest BCUT2D eigenvalue weighted by atomic mass is 9.91. The molecule has 0 aliphatic carbocycles. The zero-order chi connectivity index (χ0) is 11.6. The van der Waals surface area contributed by atoms with Gasteiger partial charge in [-0.15, -0.1) is 0 Å². The summed E-state index contributed by atoms with van der Waals surface area (Å²) in [6, 6.07) is 1.05. The zero-order valence-electron chi connectivity index (χ0n) is 8.84. The van der Waals surface area contributed by atoms with Crippen molar-refractivity contribution in [3.63, 3.8) is 0 Å². The first-order valence-corrected chi connectivity index (χ1v) is 4.46. The maximum Gasteiger partial charge on any atom is 0.276 e. The van der Waals surface area contributed by atoms with Crippen molar-refractivity contribution in [2.75, 3.05) is 0 Å². The number of nitrogens with one attached hydrogen (secondary N) is 1. The molecule has 0 saturated carbocycles. The van der Waals surface area contributed by atoms with Crippen LogP contribution in [0.2, 0.25) is 0 Å². The first-order valence-electron chi connectivity index (χ1n) is 4.46. The Balaban J connectivity index is 3.15. The Kier molecular flexibility index (Phi) is 3.04. The Bertz CT molecular complexity index is 385. The molecule has 0 unspecified atom stereocenters. The highest BCUT2D eigenvalue weighted by Gasteiger charge is 2.21. The predicted octanol–water partition coefficient (Wildman–Crippen LogP) is 1.64. The van der Waals surface area contributed by atoms with E-state index in [1.807, 2.05) is 20.8 Å². The molecule has 0 aliphatic heterocycles. The molecule has 15 heavy (non-hydrogen) atoms. The van der Waals surface area contributed by atoms with Gasteiger partial charge < -0.3 is 0 Å². The van der Waals surface area contributed by atoms with Crippen LogP contribution in [0.5, 0.6) is 0 Å². The molecular weight excluding hydrogens is 199 g/mol. The molecule has 0 bridgehead atoms. The van der Waals surface area contributed by atoms with Crippen LogP contribution in [0.4, 0.5) is 4.39 Å². The van der Waals surface area contributed by atoms with Crippen LogP contribution in [-0.2, 0) is 5.41 Å². The zero-order valence-corrected chi connectivity index (χ0v) is 8.84. The lowest BCUT2D eigenvalue weighted by Crippen LogP contribution is -2.21. The number of pyridine rings is 1. The average molecular weight is 212 g/mol. The molecule has 1 heterocycles. The molecule has 2 N–H and O–H groups in total. The van der Waals surface area contributed by atoms with Gasteiger partial charge in [-0.1, -0.05) is 20.8 Å². The number of halogens is 1. The van der Waals surface area contributed by atoms with E-state index in [1.54, 1.807) is 0 Å². The quantitative estimate of drug-likeness (QED) is 0.549. The van der Waals surface area contributed by atoms with Crippen LogP contribution in [0.15, 0.2) is 12.3 Å². The van der Waals surface area contributed by atoms with Gasteiger partial charge >= 0.3 is 0 Å². The van der Waals surface area contributed by atoms with Gasteiger partial charge in [0.1, 0.15) is 5.82 Å². The molecule has 0 saturated heterocycles. The molecule has 5 heteroatoms. The highest BCUT2D eigenvalue weighted by Crippen LogP contribution is 2.22. The molecule has 4 nitrogen and oxygen atoms in total. The van der Waals surface area contributed by atoms with E-state index in [0.29, 0.717) is 0 Å². The van der Waals surface area contributed by atoms with Crippen LogP contribution < -0.4 is 5.48 Å². The molecule has 82 valence electrons. The van der Waals surface area contributed by atoms with Crippen molar-refractivity contribution in [2.24, 2.45) is 0 Å². The SMILES string of the molecule is CC(C)(C)c1ncc(C(=O)NO)cc1F. The van der Waals surface area contributed by atoms with Gasteiger partial charge in [0.2, 0.25) is 0 Å². The Morgan fingerprint density at radius 1 is 1.53 bits per heavy atom. The topological polar surface area (TPSA) is 62.2 Å². The molecule has 0 radical (unpaired) electrons. The van der Waals surface area contributed by atoms with Crippen LogP contribution in [0, 0.1) is 5.82 Å². The van der Waals surface area contributed by atoms with Crippen LogP contribution in [0.1, 0.15) is 36.8 Å². The van der Waals surface area contributed by atoms with Gasteiger partial charge in [0.15, 0.2) is 0 Å². The summed E-state index contributed by atoms with van der Waals surface area (Å²) < 4.78 is 13.5. The van der Waals surface area contributed by atoms with Crippen molar-refractivity contribution in [1.82, 2.24) is 10.5 Å². The summed E-state index contributed by atoms with van der Waals surface area (Å²) in [4.78, 5) is 14.8. The first-order chi connectivity index (χ1) is 6.86. The Morgan fingerprint density at radius 3 is 2.53 bits per heavy atom. The Morgan fingerprint density at radius 2 is 2.13 bits per heavy atom. The second-order valence-corrected chi connectivity index (χ2v) is 4.25. The number of hydrogen-bond acceptors (Lipinski definition) is 3. The summed E-state index contributed by atoms with van der Waals surface area (Å²) in [5.74, 6) is -1.33. The second kappa shape index (κ2) is 3.94. The molecule has 0 spiro atoms. The number of hydroxylamine groups is 1. The van der Waals surface area contributed by atoms with Crippen molar-refractivity contribution in [2.45, 2.75) is 26.2 Å². The molecule has 0 atom stereocenters. The molecule has 1 aromatic rings. The van der Waals surface area contributed by atoms with Crippen LogP contribution in [0.3, 0.4) is 0 Å². The minimum Gasteiger partial charge on any atom is -0.288 e. The van der Waals surface area contributed by atoms with Gasteiger partial charge in [-0.2, -0.15) is 0 Å². The van der Waals surface area contributed by atoms with Gasteiger partial charge in [0, 0.05) is 11.6 Å². The first kappa shape index (κ1) is 11.6. The van der Waals surface area contributed by atoms with Gasteiger partial charge in [-0.25, -0.2) is 9.87 Å². The second-order valence-electron chi connectivity index (χ2n) is 4.25. The van der Waals surface area contributed by atoms with Crippen molar-refractivity contribution >= 4 is 5.91 Å². The summed E-state index contributed by atoms with van der Waals surface area (Å²) >= 11 is 0. The molecule has 1 aromatic heterocycles. The van der Waals surface area contributed by atoms with Crippen LogP contribution in [0.25, 0.3) is 0 Å². The number of hydrogen-bond donors (Lipinski definition) is 2. The van der Waals surface area contributed by atoms with Crippen molar-refractivity contribution < 1.29 is 14.4 Å². The fourth-order valence-corrected chi connectivity index (χ4v) is 1.18. The monoisotopic (exact) mass is 212 g/mol. The molecular formula is C10H13FN2O2. The fraction of sp³-hybridized carbons (Fsp3) is 0.400. The predicted molar refractivity (Wildman–Crippen MR) is 52.1 cm³/mol. The lowest BCUT2D eigenvalue weighted by Gasteiger charge is -2.18. The smallest absolute Gasteiger partial charge is 0.276 e. The lowest BCUT2D eigenvalue weighted by molar-refractivity contribution is 0.0705. The summed E-state index contributed by atoms with van der Waals surface area (Å²) in [5.41, 5.74) is 1.28.